The largest absolute Gasteiger partial charge is 0.463 e. The molecule has 17 heavy (non-hydrogen) atoms. The van der Waals surface area contributed by atoms with Crippen molar-refractivity contribution in [3.63, 3.8) is 0 Å². The van der Waals surface area contributed by atoms with E-state index in [0.29, 0.717) is 11.8 Å². The third-order valence-corrected chi connectivity index (χ3v) is 2.69. The average molecular weight is 309 g/mol. The van der Waals surface area contributed by atoms with E-state index < -0.39 is 6.10 Å². The van der Waals surface area contributed by atoms with Gasteiger partial charge in [0, 0.05) is 11.8 Å². The van der Waals surface area contributed by atoms with Crippen LogP contribution in [0.4, 0.5) is 0 Å². The highest BCUT2D eigenvalue weighted by Crippen LogP contribution is 2.08. The van der Waals surface area contributed by atoms with E-state index in [2.05, 4.69) is 15.9 Å². The van der Waals surface area contributed by atoms with Crippen molar-refractivity contribution < 1.29 is 19.1 Å². The van der Waals surface area contributed by atoms with Crippen LogP contribution in [0.3, 0.4) is 0 Å². The zero-order valence-electron chi connectivity index (χ0n) is 10.7. The highest BCUT2D eigenvalue weighted by Gasteiger charge is 2.18. The average Bonchev–Trinajstić information content (AvgIpc) is 2.24. The van der Waals surface area contributed by atoms with Gasteiger partial charge in [-0.25, -0.2) is 0 Å². The van der Waals surface area contributed by atoms with Crippen molar-refractivity contribution in [3.8, 4) is 0 Å². The first kappa shape index (κ1) is 16.4. The van der Waals surface area contributed by atoms with Crippen LogP contribution < -0.4 is 0 Å². The van der Waals surface area contributed by atoms with Crippen LogP contribution in [0.1, 0.15) is 46.5 Å². The number of carbonyl (C=O) groups is 2. The zero-order chi connectivity index (χ0) is 13.3. The number of unbranched alkanes of at least 4 members (excludes halogenated alkanes) is 1. The summed E-state index contributed by atoms with van der Waals surface area (Å²) in [6.07, 6.45) is 1.67. The molecule has 1 atom stereocenters. The molecule has 0 aromatic rings. The Morgan fingerprint density at radius 1 is 1.18 bits per heavy atom. The van der Waals surface area contributed by atoms with Crippen LogP contribution in [-0.2, 0) is 19.1 Å². The fourth-order valence-corrected chi connectivity index (χ4v) is 1.55. The van der Waals surface area contributed by atoms with Crippen LogP contribution in [0.25, 0.3) is 0 Å². The second-order valence-corrected chi connectivity index (χ2v) is 4.76. The van der Waals surface area contributed by atoms with E-state index in [-0.39, 0.29) is 24.5 Å². The lowest BCUT2D eigenvalue weighted by atomic mass is 10.2. The number of esters is 2. The molecule has 4 nitrogen and oxygen atoms in total. The summed E-state index contributed by atoms with van der Waals surface area (Å²) in [6, 6.07) is 0. The predicted octanol–water partition coefficient (Wildman–Crippen LogP) is 2.83. The molecule has 0 amide bonds. The minimum Gasteiger partial charge on any atom is -0.463 e. The highest BCUT2D eigenvalue weighted by molar-refractivity contribution is 9.09. The van der Waals surface area contributed by atoms with Gasteiger partial charge in [0.15, 0.2) is 0 Å². The Bertz CT molecular complexity index is 241. The minimum atomic E-state index is -0.439. The monoisotopic (exact) mass is 308 g/mol. The van der Waals surface area contributed by atoms with E-state index in [1.54, 1.807) is 13.8 Å². The Labute approximate surface area is 111 Å². The van der Waals surface area contributed by atoms with Crippen molar-refractivity contribution in [1.82, 2.24) is 0 Å². The van der Waals surface area contributed by atoms with Gasteiger partial charge in [0.25, 0.3) is 0 Å². The van der Waals surface area contributed by atoms with Crippen molar-refractivity contribution >= 4 is 27.9 Å². The Morgan fingerprint density at radius 3 is 2.29 bits per heavy atom. The molecule has 0 fully saturated rings. The van der Waals surface area contributed by atoms with Crippen LogP contribution >= 0.6 is 15.9 Å². The molecular weight excluding hydrogens is 288 g/mol. The smallest absolute Gasteiger partial charge is 0.309 e. The molecule has 0 aromatic carbocycles. The van der Waals surface area contributed by atoms with E-state index in [1.807, 2.05) is 6.92 Å². The quantitative estimate of drug-likeness (QED) is 0.511. The van der Waals surface area contributed by atoms with Gasteiger partial charge in [0.2, 0.25) is 0 Å². The van der Waals surface area contributed by atoms with Gasteiger partial charge in [-0.15, -0.1) is 0 Å². The van der Waals surface area contributed by atoms with Gasteiger partial charge < -0.3 is 9.47 Å². The fraction of sp³-hybridized carbons (Fsp3) is 0.833. The number of rotatable bonds is 8. The summed E-state index contributed by atoms with van der Waals surface area (Å²) >= 11 is 3.22. The molecule has 0 saturated heterocycles. The van der Waals surface area contributed by atoms with Crippen molar-refractivity contribution in [2.75, 3.05) is 5.33 Å². The van der Waals surface area contributed by atoms with Gasteiger partial charge in [-0.05, 0) is 20.3 Å². The lowest BCUT2D eigenvalue weighted by molar-refractivity contribution is -0.155. The molecule has 0 saturated carbocycles. The van der Waals surface area contributed by atoms with Crippen LogP contribution in [-0.4, -0.2) is 29.5 Å². The molecule has 0 spiro atoms. The van der Waals surface area contributed by atoms with Crippen LogP contribution in [0, 0.1) is 0 Å². The SMILES string of the molecule is CCCCC(=O)OC(CBr)CC(=O)OC(C)C. The van der Waals surface area contributed by atoms with E-state index in [0.717, 1.165) is 12.8 Å². The molecule has 0 aliphatic carbocycles. The first-order valence-electron chi connectivity index (χ1n) is 5.94. The van der Waals surface area contributed by atoms with Crippen LogP contribution in [0.2, 0.25) is 0 Å². The minimum absolute atomic E-state index is 0.0985. The van der Waals surface area contributed by atoms with Crippen molar-refractivity contribution in [2.45, 2.75) is 58.7 Å². The number of carbonyl (C=O) groups excluding carboxylic acids is 2. The lowest BCUT2D eigenvalue weighted by Gasteiger charge is -2.15. The number of ether oxygens (including phenoxy) is 2. The molecule has 0 aromatic heterocycles. The molecule has 1 unspecified atom stereocenters. The van der Waals surface area contributed by atoms with Gasteiger partial charge in [-0.1, -0.05) is 29.3 Å². The molecule has 0 heterocycles. The third-order valence-electron chi connectivity index (χ3n) is 1.97. The molecule has 0 rings (SSSR count). The number of hydrogen-bond donors (Lipinski definition) is 0. The predicted molar refractivity (Wildman–Crippen MR) is 69.0 cm³/mol. The molecule has 0 radical (unpaired) electrons. The van der Waals surface area contributed by atoms with Crippen molar-refractivity contribution in [3.05, 3.63) is 0 Å². The molecule has 0 N–H and O–H groups in total. The van der Waals surface area contributed by atoms with Crippen LogP contribution in [0.15, 0.2) is 0 Å². The molecule has 5 heteroatoms. The topological polar surface area (TPSA) is 52.6 Å². The summed E-state index contributed by atoms with van der Waals surface area (Å²) in [6.45, 7) is 5.58. The van der Waals surface area contributed by atoms with Gasteiger partial charge in [0.05, 0.1) is 12.5 Å². The van der Waals surface area contributed by atoms with Gasteiger partial charge >= 0.3 is 11.9 Å². The van der Waals surface area contributed by atoms with Crippen LogP contribution in [0.5, 0.6) is 0 Å². The van der Waals surface area contributed by atoms with Gasteiger partial charge in [-0.2, -0.15) is 0 Å². The summed E-state index contributed by atoms with van der Waals surface area (Å²) in [5.74, 6) is -0.596. The number of alkyl halides is 1. The third kappa shape index (κ3) is 9.15. The maximum atomic E-state index is 11.4. The standard InChI is InChI=1S/C12H21BrO4/c1-4-5-6-11(14)17-10(8-13)7-12(15)16-9(2)3/h9-10H,4-8H2,1-3H3. The van der Waals surface area contributed by atoms with E-state index in [4.69, 9.17) is 9.47 Å². The summed E-state index contributed by atoms with van der Waals surface area (Å²) < 4.78 is 10.2. The molecule has 0 aliphatic heterocycles. The Balaban J connectivity index is 3.98. The summed E-state index contributed by atoms with van der Waals surface area (Å²) in [5, 5.41) is 0.443. The number of halogens is 1. The second-order valence-electron chi connectivity index (χ2n) is 4.11. The Kier molecular flexibility index (Phi) is 9.13. The summed E-state index contributed by atoms with van der Waals surface area (Å²) in [7, 11) is 0. The van der Waals surface area contributed by atoms with Gasteiger partial charge in [0.1, 0.15) is 6.10 Å². The Hall–Kier alpha value is -0.580. The van der Waals surface area contributed by atoms with E-state index in [9.17, 15) is 9.59 Å². The first-order chi connectivity index (χ1) is 7.99. The van der Waals surface area contributed by atoms with Crippen molar-refractivity contribution in [2.24, 2.45) is 0 Å². The zero-order valence-corrected chi connectivity index (χ0v) is 12.3. The first-order valence-corrected chi connectivity index (χ1v) is 7.06. The fourth-order valence-electron chi connectivity index (χ4n) is 1.19. The normalized spacial score (nSPS) is 12.3. The second kappa shape index (κ2) is 9.45. The summed E-state index contributed by atoms with van der Waals surface area (Å²) in [5.41, 5.74) is 0. The van der Waals surface area contributed by atoms with E-state index >= 15 is 0 Å². The maximum Gasteiger partial charge on any atom is 0.309 e. The molecule has 0 bridgehead atoms. The summed E-state index contributed by atoms with van der Waals surface area (Å²) in [4.78, 5) is 22.8. The molecular formula is C12H21BrO4. The molecule has 100 valence electrons. The maximum absolute atomic E-state index is 11.4. The highest BCUT2D eigenvalue weighted by atomic mass is 79.9. The lowest BCUT2D eigenvalue weighted by Crippen LogP contribution is -2.25. The Morgan fingerprint density at radius 2 is 1.82 bits per heavy atom. The van der Waals surface area contributed by atoms with E-state index in [1.165, 1.54) is 0 Å². The van der Waals surface area contributed by atoms with Crippen molar-refractivity contribution in [1.29, 1.82) is 0 Å². The van der Waals surface area contributed by atoms with Gasteiger partial charge in [-0.3, -0.25) is 9.59 Å². The number of hydrogen-bond acceptors (Lipinski definition) is 4. The molecule has 0 aliphatic rings.